The molecule has 2 aliphatic carbocycles. The summed E-state index contributed by atoms with van der Waals surface area (Å²) in [6.45, 7) is 9.62. The average Bonchev–Trinajstić information content (AvgIpc) is 2.86. The van der Waals surface area contributed by atoms with Crippen LogP contribution in [0.15, 0.2) is 28.8 Å². The Kier molecular flexibility index (Phi) is 9.90. The minimum absolute atomic E-state index is 0.119. The molecule has 0 aliphatic heterocycles. The smallest absolute Gasteiger partial charge is 0.228 e. The van der Waals surface area contributed by atoms with Gasteiger partial charge in [0, 0.05) is 17.1 Å². The first kappa shape index (κ1) is 28.5. The van der Waals surface area contributed by atoms with Crippen molar-refractivity contribution in [3.8, 4) is 0 Å². The van der Waals surface area contributed by atoms with E-state index in [4.69, 9.17) is 11.6 Å². The lowest BCUT2D eigenvalue weighted by Crippen LogP contribution is -2.35. The second kappa shape index (κ2) is 12.5. The van der Waals surface area contributed by atoms with E-state index in [1.807, 2.05) is 39.0 Å². The summed E-state index contributed by atoms with van der Waals surface area (Å²) >= 11 is 6.33. The highest BCUT2D eigenvalue weighted by molar-refractivity contribution is 6.31. The van der Waals surface area contributed by atoms with Crippen LogP contribution >= 0.6 is 11.6 Å². The molecule has 0 amide bonds. The molecule has 0 radical (unpaired) electrons. The topological polar surface area (TPSA) is 62.7 Å². The van der Waals surface area contributed by atoms with Crippen molar-refractivity contribution in [2.75, 3.05) is 10.6 Å². The van der Waals surface area contributed by atoms with Gasteiger partial charge in [-0.3, -0.25) is 0 Å². The number of hydrogen-bond donors (Lipinski definition) is 2. The second-order valence-electron chi connectivity index (χ2n) is 10.8. The zero-order valence-electron chi connectivity index (χ0n) is 22.4. The first-order valence-corrected chi connectivity index (χ1v) is 13.8. The van der Waals surface area contributed by atoms with Gasteiger partial charge in [0.1, 0.15) is 11.3 Å². The van der Waals surface area contributed by atoms with Crippen LogP contribution < -0.4 is 10.6 Å². The molecule has 0 unspecified atom stereocenters. The predicted octanol–water partition coefficient (Wildman–Crippen LogP) is 8.31. The van der Waals surface area contributed by atoms with Crippen molar-refractivity contribution < 1.29 is 8.78 Å². The molecule has 36 heavy (non-hydrogen) atoms. The Labute approximate surface area is 220 Å². The molecule has 3 rings (SSSR count). The fourth-order valence-corrected chi connectivity index (χ4v) is 4.91. The van der Waals surface area contributed by atoms with Gasteiger partial charge >= 0.3 is 0 Å². The van der Waals surface area contributed by atoms with Gasteiger partial charge in [0.15, 0.2) is 5.82 Å². The molecular weight excluding hydrogens is 480 g/mol. The van der Waals surface area contributed by atoms with E-state index in [9.17, 15) is 8.78 Å². The molecule has 1 aromatic heterocycles. The minimum atomic E-state index is -1.10. The Bertz CT molecular complexity index is 970. The fraction of sp³-hybridized carbons (Fsp3) is 0.679. The SMILES string of the molecule is CC/C(C)=C(Cl)/C=C\C=C(/C)c1nc(NC2CCC(C)(F)CC2)nc(NC2CCC(F)(CC)CC2)n1. The second-order valence-corrected chi connectivity index (χ2v) is 11.2. The molecule has 2 N–H and O–H groups in total. The molecule has 0 saturated heterocycles. The van der Waals surface area contributed by atoms with Crippen molar-refractivity contribution in [2.24, 2.45) is 0 Å². The largest absolute Gasteiger partial charge is 0.351 e. The van der Waals surface area contributed by atoms with E-state index in [0.717, 1.165) is 48.3 Å². The maximum Gasteiger partial charge on any atom is 0.228 e. The summed E-state index contributed by atoms with van der Waals surface area (Å²) in [5.74, 6) is 1.52. The van der Waals surface area contributed by atoms with Crippen LogP contribution in [0.2, 0.25) is 0 Å². The summed E-state index contributed by atoms with van der Waals surface area (Å²) < 4.78 is 29.0. The van der Waals surface area contributed by atoms with Gasteiger partial charge in [0.2, 0.25) is 11.9 Å². The van der Waals surface area contributed by atoms with E-state index in [1.165, 1.54) is 0 Å². The van der Waals surface area contributed by atoms with Gasteiger partial charge in [-0.2, -0.15) is 15.0 Å². The number of nitrogens with one attached hydrogen (secondary N) is 2. The molecule has 0 atom stereocenters. The Morgan fingerprint density at radius 3 is 1.97 bits per heavy atom. The summed E-state index contributed by atoms with van der Waals surface area (Å²) in [6.07, 6.45) is 12.2. The van der Waals surface area contributed by atoms with Gasteiger partial charge in [0.05, 0.1) is 0 Å². The van der Waals surface area contributed by atoms with E-state index in [1.54, 1.807) is 6.92 Å². The Morgan fingerprint density at radius 1 is 0.944 bits per heavy atom. The van der Waals surface area contributed by atoms with Crippen molar-refractivity contribution in [3.63, 3.8) is 0 Å². The van der Waals surface area contributed by atoms with Crippen LogP contribution in [0.1, 0.15) is 105 Å². The number of alkyl halides is 2. The van der Waals surface area contributed by atoms with E-state index < -0.39 is 11.3 Å². The third-order valence-electron chi connectivity index (χ3n) is 7.72. The van der Waals surface area contributed by atoms with Crippen LogP contribution in [0.3, 0.4) is 0 Å². The zero-order valence-corrected chi connectivity index (χ0v) is 23.2. The maximum absolute atomic E-state index is 14.7. The number of aromatic nitrogens is 3. The highest BCUT2D eigenvalue weighted by Gasteiger charge is 2.34. The molecule has 5 nitrogen and oxygen atoms in total. The summed E-state index contributed by atoms with van der Waals surface area (Å²) in [5.41, 5.74) is -0.159. The Hall–Kier alpha value is -2.02. The molecule has 0 aromatic carbocycles. The molecule has 0 bridgehead atoms. The number of hydrogen-bond acceptors (Lipinski definition) is 5. The number of rotatable bonds is 9. The van der Waals surface area contributed by atoms with E-state index >= 15 is 0 Å². The Balaban J connectivity index is 1.80. The molecule has 0 spiro atoms. The molecule has 1 heterocycles. The van der Waals surface area contributed by atoms with Crippen LogP contribution in [0.4, 0.5) is 20.7 Å². The molecule has 200 valence electrons. The molecule has 8 heteroatoms. The molecule has 2 aliphatic rings. The highest BCUT2D eigenvalue weighted by atomic mass is 35.5. The lowest BCUT2D eigenvalue weighted by molar-refractivity contribution is 0.0975. The highest BCUT2D eigenvalue weighted by Crippen LogP contribution is 2.36. The molecule has 2 saturated carbocycles. The van der Waals surface area contributed by atoms with Gasteiger partial charge in [-0.15, -0.1) is 0 Å². The maximum atomic E-state index is 14.7. The summed E-state index contributed by atoms with van der Waals surface area (Å²) in [4.78, 5) is 14.0. The van der Waals surface area contributed by atoms with Crippen LogP contribution in [0.25, 0.3) is 5.57 Å². The summed E-state index contributed by atoms with van der Waals surface area (Å²) in [6, 6.07) is 0.240. The first-order valence-electron chi connectivity index (χ1n) is 13.4. The first-order chi connectivity index (χ1) is 17.0. The van der Waals surface area contributed by atoms with Gasteiger partial charge in [0.25, 0.3) is 0 Å². The summed E-state index contributed by atoms with van der Waals surface area (Å²) in [7, 11) is 0. The van der Waals surface area contributed by atoms with Gasteiger partial charge < -0.3 is 10.6 Å². The van der Waals surface area contributed by atoms with E-state index in [0.29, 0.717) is 49.8 Å². The van der Waals surface area contributed by atoms with Crippen LogP contribution in [-0.2, 0) is 0 Å². The van der Waals surface area contributed by atoms with Crippen molar-refractivity contribution in [3.05, 3.63) is 34.7 Å². The Morgan fingerprint density at radius 2 is 1.47 bits per heavy atom. The quantitative estimate of drug-likeness (QED) is 0.320. The molecular formula is C28H42ClF2N5. The average molecular weight is 522 g/mol. The van der Waals surface area contributed by atoms with Crippen LogP contribution in [0.5, 0.6) is 0 Å². The standard InChI is InChI=1S/C28H42ClF2N5/c1-6-19(3)23(29)10-8-9-20(4)24-34-25(32-21-11-15-27(5,30)16-12-21)36-26(35-24)33-22-13-17-28(31,7-2)18-14-22/h8-10,21-22H,6-7,11-18H2,1-5H3,(H2,32,33,34,35,36)/b10-8-,20-9+,23-19-. The van der Waals surface area contributed by atoms with E-state index in [2.05, 4.69) is 32.5 Å². The van der Waals surface area contributed by atoms with Crippen molar-refractivity contribution in [2.45, 2.75) is 122 Å². The number of nitrogens with zero attached hydrogens (tertiary/aromatic N) is 3. The van der Waals surface area contributed by atoms with Crippen molar-refractivity contribution >= 4 is 29.1 Å². The molecule has 1 aromatic rings. The fourth-order valence-electron chi connectivity index (χ4n) is 4.71. The van der Waals surface area contributed by atoms with Crippen LogP contribution in [-0.4, -0.2) is 38.4 Å². The third-order valence-corrected chi connectivity index (χ3v) is 8.17. The number of allylic oxidation sites excluding steroid dienone is 6. The normalized spacial score (nSPS) is 30.3. The van der Waals surface area contributed by atoms with Gasteiger partial charge in [-0.25, -0.2) is 8.78 Å². The predicted molar refractivity (Wildman–Crippen MR) is 147 cm³/mol. The van der Waals surface area contributed by atoms with Crippen molar-refractivity contribution in [1.82, 2.24) is 15.0 Å². The lowest BCUT2D eigenvalue weighted by Gasteiger charge is -2.33. The summed E-state index contributed by atoms with van der Waals surface area (Å²) in [5, 5.41) is 7.56. The molecule has 2 fully saturated rings. The van der Waals surface area contributed by atoms with Gasteiger partial charge in [-0.05, 0) is 96.6 Å². The monoisotopic (exact) mass is 521 g/mol. The number of anilines is 2. The van der Waals surface area contributed by atoms with E-state index in [-0.39, 0.29) is 12.1 Å². The van der Waals surface area contributed by atoms with Crippen LogP contribution in [0, 0.1) is 0 Å². The number of halogens is 3. The zero-order chi connectivity index (χ0) is 26.3. The minimum Gasteiger partial charge on any atom is -0.351 e. The third kappa shape index (κ3) is 8.25. The van der Waals surface area contributed by atoms with Crippen molar-refractivity contribution in [1.29, 1.82) is 0 Å². The lowest BCUT2D eigenvalue weighted by atomic mass is 9.82. The van der Waals surface area contributed by atoms with Gasteiger partial charge in [-0.1, -0.05) is 43.2 Å².